The third-order valence-electron chi connectivity index (χ3n) is 2.60. The summed E-state index contributed by atoms with van der Waals surface area (Å²) in [6.07, 6.45) is 13.6. The van der Waals surface area contributed by atoms with Crippen LogP contribution in [0.15, 0.2) is 47.7 Å². The Morgan fingerprint density at radius 1 is 1.43 bits per heavy atom. The van der Waals surface area contributed by atoms with Gasteiger partial charge in [0, 0.05) is 18.7 Å². The van der Waals surface area contributed by atoms with Gasteiger partial charge in [-0.15, -0.1) is 0 Å². The predicted molar refractivity (Wildman–Crippen MR) is 57.6 cm³/mol. The monoisotopic (exact) mass is 189 g/mol. The van der Waals surface area contributed by atoms with Gasteiger partial charge in [0.25, 0.3) is 0 Å². The maximum Gasteiger partial charge on any atom is 0.0678 e. The van der Waals surface area contributed by atoms with Crippen LogP contribution < -0.4 is 5.32 Å². The summed E-state index contributed by atoms with van der Waals surface area (Å²) in [4.78, 5) is 0. The Bertz CT molecular complexity index is 323. The minimum absolute atomic E-state index is 0.149. The Balaban J connectivity index is 2.03. The molecule has 0 aromatic carbocycles. The fraction of sp³-hybridized carbons (Fsp3) is 0.333. The molecule has 1 heterocycles. The number of aliphatic hydroxyl groups excluding tert-OH is 1. The summed E-state index contributed by atoms with van der Waals surface area (Å²) in [6, 6.07) is 0. The highest BCUT2D eigenvalue weighted by Crippen LogP contribution is 2.24. The van der Waals surface area contributed by atoms with E-state index in [4.69, 9.17) is 5.11 Å². The first kappa shape index (κ1) is 9.28. The lowest BCUT2D eigenvalue weighted by Crippen LogP contribution is -2.13. The first-order chi connectivity index (χ1) is 6.90. The largest absolute Gasteiger partial charge is 0.392 e. The van der Waals surface area contributed by atoms with E-state index >= 15 is 0 Å². The molecule has 1 aliphatic carbocycles. The van der Waals surface area contributed by atoms with E-state index in [1.54, 1.807) is 0 Å². The van der Waals surface area contributed by atoms with Crippen molar-refractivity contribution in [2.45, 2.75) is 6.42 Å². The average molecular weight is 189 g/mol. The molecule has 0 amide bonds. The van der Waals surface area contributed by atoms with Gasteiger partial charge in [0.05, 0.1) is 6.61 Å². The molecule has 1 unspecified atom stereocenters. The highest BCUT2D eigenvalue weighted by atomic mass is 16.3. The van der Waals surface area contributed by atoms with Gasteiger partial charge >= 0.3 is 0 Å². The number of hydrogen-bond acceptors (Lipinski definition) is 2. The van der Waals surface area contributed by atoms with E-state index in [-0.39, 0.29) is 6.61 Å². The van der Waals surface area contributed by atoms with Crippen LogP contribution in [0.25, 0.3) is 0 Å². The number of aliphatic hydroxyl groups is 1. The number of dihydropyridines is 1. The van der Waals surface area contributed by atoms with Gasteiger partial charge in [-0.25, -0.2) is 0 Å². The van der Waals surface area contributed by atoms with E-state index < -0.39 is 0 Å². The van der Waals surface area contributed by atoms with Crippen LogP contribution in [-0.2, 0) is 0 Å². The molecule has 2 heteroatoms. The molecule has 0 aromatic heterocycles. The minimum Gasteiger partial charge on any atom is -0.392 e. The van der Waals surface area contributed by atoms with Crippen LogP contribution in [0.4, 0.5) is 0 Å². The lowest BCUT2D eigenvalue weighted by Gasteiger charge is -2.19. The number of nitrogens with one attached hydrogen (secondary N) is 1. The van der Waals surface area contributed by atoms with Crippen LogP contribution in [0.5, 0.6) is 0 Å². The van der Waals surface area contributed by atoms with Crippen molar-refractivity contribution in [3.63, 3.8) is 0 Å². The van der Waals surface area contributed by atoms with E-state index in [1.165, 1.54) is 5.57 Å². The van der Waals surface area contributed by atoms with Crippen molar-refractivity contribution < 1.29 is 5.11 Å². The number of allylic oxidation sites excluding steroid dienone is 4. The van der Waals surface area contributed by atoms with Gasteiger partial charge < -0.3 is 10.4 Å². The van der Waals surface area contributed by atoms with Crippen LogP contribution in [0.3, 0.4) is 0 Å². The predicted octanol–water partition coefficient (Wildman–Crippen LogP) is 1.52. The average Bonchev–Trinajstić information content (AvgIpc) is 2.30. The maximum absolute atomic E-state index is 8.93. The molecule has 0 spiro atoms. The highest BCUT2D eigenvalue weighted by molar-refractivity contribution is 5.34. The molecule has 0 saturated heterocycles. The molecule has 2 nitrogen and oxygen atoms in total. The zero-order valence-electron chi connectivity index (χ0n) is 8.11. The lowest BCUT2D eigenvalue weighted by molar-refractivity contribution is 0.333. The summed E-state index contributed by atoms with van der Waals surface area (Å²) in [6.45, 7) is 1.08. The SMILES string of the molecule is OCC1=CCC(C2=CNCC=C2)C=C1. The van der Waals surface area contributed by atoms with E-state index in [0.717, 1.165) is 18.5 Å². The third kappa shape index (κ3) is 1.96. The molecule has 0 saturated carbocycles. The Kier molecular flexibility index (Phi) is 2.84. The standard InChI is InChI=1S/C12H15NO/c14-9-10-3-5-11(6-4-10)12-2-1-7-13-8-12/h1-5,8,11,13-14H,6-7,9H2. The quantitative estimate of drug-likeness (QED) is 0.690. The van der Waals surface area contributed by atoms with Gasteiger partial charge in [-0.3, -0.25) is 0 Å². The maximum atomic E-state index is 8.93. The van der Waals surface area contributed by atoms with Gasteiger partial charge in [0.2, 0.25) is 0 Å². The summed E-state index contributed by atoms with van der Waals surface area (Å²) in [7, 11) is 0. The third-order valence-corrected chi connectivity index (χ3v) is 2.60. The van der Waals surface area contributed by atoms with E-state index in [2.05, 4.69) is 35.8 Å². The van der Waals surface area contributed by atoms with Crippen molar-refractivity contribution in [1.82, 2.24) is 5.32 Å². The molecule has 2 aliphatic rings. The smallest absolute Gasteiger partial charge is 0.0678 e. The summed E-state index contributed by atoms with van der Waals surface area (Å²) in [5.41, 5.74) is 2.34. The first-order valence-electron chi connectivity index (χ1n) is 4.98. The summed E-state index contributed by atoms with van der Waals surface area (Å²) >= 11 is 0. The topological polar surface area (TPSA) is 32.3 Å². The molecule has 0 fully saturated rings. The molecule has 2 N–H and O–H groups in total. The molecule has 0 radical (unpaired) electrons. The van der Waals surface area contributed by atoms with Gasteiger partial charge in [-0.05, 0) is 17.6 Å². The zero-order valence-corrected chi connectivity index (χ0v) is 8.11. The van der Waals surface area contributed by atoms with Crippen LogP contribution in [0.1, 0.15) is 6.42 Å². The molecule has 14 heavy (non-hydrogen) atoms. The van der Waals surface area contributed by atoms with Gasteiger partial charge in [0.15, 0.2) is 0 Å². The number of hydrogen-bond donors (Lipinski definition) is 2. The second-order valence-electron chi connectivity index (χ2n) is 3.59. The van der Waals surface area contributed by atoms with Gasteiger partial charge in [0.1, 0.15) is 0 Å². The minimum atomic E-state index is 0.149. The van der Waals surface area contributed by atoms with E-state index in [9.17, 15) is 0 Å². The van der Waals surface area contributed by atoms with Gasteiger partial charge in [-0.2, -0.15) is 0 Å². The normalized spacial score (nSPS) is 25.4. The zero-order chi connectivity index (χ0) is 9.80. The van der Waals surface area contributed by atoms with Gasteiger partial charge in [-0.1, -0.05) is 30.4 Å². The molecule has 1 aliphatic heterocycles. The highest BCUT2D eigenvalue weighted by Gasteiger charge is 2.12. The molecule has 0 aromatic rings. The Morgan fingerprint density at radius 2 is 2.36 bits per heavy atom. The van der Waals surface area contributed by atoms with Crippen LogP contribution in [0, 0.1) is 5.92 Å². The van der Waals surface area contributed by atoms with E-state index in [0.29, 0.717) is 5.92 Å². The summed E-state index contributed by atoms with van der Waals surface area (Å²) < 4.78 is 0. The van der Waals surface area contributed by atoms with Crippen molar-refractivity contribution in [1.29, 1.82) is 0 Å². The molecular weight excluding hydrogens is 174 g/mol. The van der Waals surface area contributed by atoms with Crippen LogP contribution in [0.2, 0.25) is 0 Å². The van der Waals surface area contributed by atoms with Crippen molar-refractivity contribution in [2.75, 3.05) is 13.2 Å². The molecule has 1 atom stereocenters. The Labute approximate surface area is 84.3 Å². The fourth-order valence-electron chi connectivity index (χ4n) is 1.75. The Morgan fingerprint density at radius 3 is 2.93 bits per heavy atom. The fourth-order valence-corrected chi connectivity index (χ4v) is 1.75. The first-order valence-corrected chi connectivity index (χ1v) is 4.98. The number of rotatable bonds is 2. The van der Waals surface area contributed by atoms with Crippen LogP contribution in [-0.4, -0.2) is 18.3 Å². The van der Waals surface area contributed by atoms with Crippen molar-refractivity contribution in [3.05, 3.63) is 47.7 Å². The molecule has 0 bridgehead atoms. The molecular formula is C12H15NO. The second-order valence-corrected chi connectivity index (χ2v) is 3.59. The van der Waals surface area contributed by atoms with Crippen LogP contribution >= 0.6 is 0 Å². The summed E-state index contributed by atoms with van der Waals surface area (Å²) in [5.74, 6) is 0.467. The Hall–Kier alpha value is -1.28. The molecule has 2 rings (SSSR count). The lowest BCUT2D eigenvalue weighted by atomic mass is 9.89. The second kappa shape index (κ2) is 4.29. The van der Waals surface area contributed by atoms with Crippen molar-refractivity contribution >= 4 is 0 Å². The van der Waals surface area contributed by atoms with E-state index in [1.807, 2.05) is 6.08 Å². The van der Waals surface area contributed by atoms with Crippen molar-refractivity contribution in [2.24, 2.45) is 5.92 Å². The summed E-state index contributed by atoms with van der Waals surface area (Å²) in [5, 5.41) is 12.1. The molecule has 74 valence electrons. The van der Waals surface area contributed by atoms with Crippen molar-refractivity contribution in [3.8, 4) is 0 Å².